The Morgan fingerprint density at radius 1 is 1.14 bits per heavy atom. The predicted molar refractivity (Wildman–Crippen MR) is 109 cm³/mol. The van der Waals surface area contributed by atoms with Gasteiger partial charge in [0.2, 0.25) is 5.91 Å². The van der Waals surface area contributed by atoms with Gasteiger partial charge in [0.15, 0.2) is 0 Å². The molecule has 0 aliphatic carbocycles. The van der Waals surface area contributed by atoms with E-state index in [0.29, 0.717) is 18.5 Å². The molecule has 0 unspecified atom stereocenters. The molecule has 1 saturated heterocycles. The van der Waals surface area contributed by atoms with E-state index in [9.17, 15) is 9.59 Å². The highest BCUT2D eigenvalue weighted by Gasteiger charge is 2.22. The van der Waals surface area contributed by atoms with Gasteiger partial charge in [0.25, 0.3) is 5.91 Å². The number of carbonyl (C=O) groups is 2. The Bertz CT molecular complexity index is 816. The van der Waals surface area contributed by atoms with E-state index in [0.717, 1.165) is 30.0 Å². The summed E-state index contributed by atoms with van der Waals surface area (Å²) in [5, 5.41) is 3.03. The molecular weight excluding hydrogens is 354 g/mol. The summed E-state index contributed by atoms with van der Waals surface area (Å²) in [4.78, 5) is 27.4. The molecule has 2 amide bonds. The molecular formula is C22H28N3O3+. The summed E-state index contributed by atoms with van der Waals surface area (Å²) in [7, 11) is 5.79. The van der Waals surface area contributed by atoms with Gasteiger partial charge in [-0.1, -0.05) is 0 Å². The van der Waals surface area contributed by atoms with Crippen LogP contribution in [0.4, 0.5) is 5.69 Å². The van der Waals surface area contributed by atoms with Crippen LogP contribution in [0.15, 0.2) is 48.5 Å². The number of rotatable bonds is 7. The third-order valence-electron chi connectivity index (χ3n) is 5.20. The van der Waals surface area contributed by atoms with Crippen LogP contribution in [-0.2, 0) is 4.79 Å². The lowest BCUT2D eigenvalue weighted by Gasteiger charge is -2.22. The molecule has 2 aromatic rings. The van der Waals surface area contributed by atoms with E-state index in [2.05, 4.69) is 19.4 Å². The number of carbonyl (C=O) groups excluding carboxylic acids is 2. The van der Waals surface area contributed by atoms with Gasteiger partial charge in [0, 0.05) is 29.8 Å². The Balaban J connectivity index is 1.63. The average molecular weight is 382 g/mol. The van der Waals surface area contributed by atoms with E-state index in [4.69, 9.17) is 4.74 Å². The van der Waals surface area contributed by atoms with E-state index >= 15 is 0 Å². The van der Waals surface area contributed by atoms with E-state index in [-0.39, 0.29) is 17.9 Å². The zero-order valence-corrected chi connectivity index (χ0v) is 16.7. The number of quaternary nitrogens is 1. The van der Waals surface area contributed by atoms with Crippen molar-refractivity contribution in [2.75, 3.05) is 39.2 Å². The van der Waals surface area contributed by atoms with Crippen LogP contribution in [0, 0.1) is 0 Å². The van der Waals surface area contributed by atoms with Crippen molar-refractivity contribution in [3.63, 3.8) is 0 Å². The Labute approximate surface area is 166 Å². The molecule has 2 aromatic carbocycles. The summed E-state index contributed by atoms with van der Waals surface area (Å²) in [6.45, 7) is 1.28. The van der Waals surface area contributed by atoms with Crippen molar-refractivity contribution in [2.45, 2.75) is 18.9 Å². The van der Waals surface area contributed by atoms with E-state index in [1.165, 1.54) is 4.90 Å². The lowest BCUT2D eigenvalue weighted by molar-refractivity contribution is -0.890. The van der Waals surface area contributed by atoms with Gasteiger partial charge < -0.3 is 19.9 Å². The number of nitrogens with zero attached hydrogens (tertiary/aromatic N) is 1. The maximum atomic E-state index is 12.6. The fourth-order valence-electron chi connectivity index (χ4n) is 3.50. The first-order valence-corrected chi connectivity index (χ1v) is 9.62. The van der Waals surface area contributed by atoms with Gasteiger partial charge in [0.1, 0.15) is 11.8 Å². The normalized spacial score (nSPS) is 15.0. The topological polar surface area (TPSA) is 63.1 Å². The van der Waals surface area contributed by atoms with Crippen LogP contribution in [0.3, 0.4) is 0 Å². The van der Waals surface area contributed by atoms with Gasteiger partial charge in [0.05, 0.1) is 27.7 Å². The van der Waals surface area contributed by atoms with Crippen LogP contribution >= 0.6 is 0 Å². The minimum absolute atomic E-state index is 0.112. The molecule has 148 valence electrons. The molecule has 0 saturated carbocycles. The van der Waals surface area contributed by atoms with Gasteiger partial charge in [-0.2, -0.15) is 0 Å². The number of methoxy groups -OCH3 is 1. The second kappa shape index (κ2) is 8.89. The highest BCUT2D eigenvalue weighted by atomic mass is 16.5. The van der Waals surface area contributed by atoms with Crippen molar-refractivity contribution < 1.29 is 19.2 Å². The molecule has 2 N–H and O–H groups in total. The number of hydrogen-bond acceptors (Lipinski definition) is 3. The average Bonchev–Trinajstić information content (AvgIpc) is 3.14. The molecule has 1 atom stereocenters. The first kappa shape index (κ1) is 19.9. The number of anilines is 1. The van der Waals surface area contributed by atoms with Crippen LogP contribution in [0.1, 0.15) is 34.8 Å². The summed E-state index contributed by atoms with van der Waals surface area (Å²) in [5.74, 6) is 0.851. The van der Waals surface area contributed by atoms with Crippen LogP contribution in [0.2, 0.25) is 0 Å². The van der Waals surface area contributed by atoms with Gasteiger partial charge in [-0.05, 0) is 55.0 Å². The monoisotopic (exact) mass is 382 g/mol. The standard InChI is InChI=1S/C22H27N3O3/c1-24(2)20(16-8-12-19(28-3)13-9-16)15-23-22(27)17-6-10-18(11-7-17)25-14-4-5-21(25)26/h6-13,20H,4-5,14-15H2,1-3H3,(H,23,27)/p+1/t20-/m0/s1. The van der Waals surface area contributed by atoms with Crippen molar-refractivity contribution in [2.24, 2.45) is 0 Å². The highest BCUT2D eigenvalue weighted by molar-refractivity contribution is 5.97. The Kier molecular flexibility index (Phi) is 6.31. The Hall–Kier alpha value is -2.86. The smallest absolute Gasteiger partial charge is 0.251 e. The molecule has 1 aliphatic heterocycles. The molecule has 28 heavy (non-hydrogen) atoms. The molecule has 3 rings (SSSR count). The quantitative estimate of drug-likeness (QED) is 0.762. The summed E-state index contributed by atoms with van der Waals surface area (Å²) >= 11 is 0. The molecule has 6 heteroatoms. The Morgan fingerprint density at radius 3 is 2.36 bits per heavy atom. The molecule has 1 fully saturated rings. The number of benzene rings is 2. The third-order valence-corrected chi connectivity index (χ3v) is 5.20. The molecule has 0 spiro atoms. The Morgan fingerprint density at radius 2 is 1.82 bits per heavy atom. The van der Waals surface area contributed by atoms with E-state index < -0.39 is 0 Å². The fourth-order valence-corrected chi connectivity index (χ4v) is 3.50. The first-order chi connectivity index (χ1) is 13.5. The number of nitrogens with one attached hydrogen (secondary N) is 2. The SMILES string of the molecule is COc1ccc([C@H](CNC(=O)c2ccc(N3CCCC3=O)cc2)[NH+](C)C)cc1. The van der Waals surface area contributed by atoms with Gasteiger partial charge in [-0.15, -0.1) is 0 Å². The third kappa shape index (κ3) is 4.51. The highest BCUT2D eigenvalue weighted by Crippen LogP contribution is 2.21. The predicted octanol–water partition coefficient (Wildman–Crippen LogP) is 1.44. The maximum absolute atomic E-state index is 12.6. The number of hydrogen-bond donors (Lipinski definition) is 2. The molecule has 0 aromatic heterocycles. The zero-order chi connectivity index (χ0) is 20.1. The lowest BCUT2D eigenvalue weighted by atomic mass is 10.1. The van der Waals surface area contributed by atoms with Crippen molar-refractivity contribution in [1.29, 1.82) is 0 Å². The zero-order valence-electron chi connectivity index (χ0n) is 16.7. The molecule has 6 nitrogen and oxygen atoms in total. The van der Waals surface area contributed by atoms with Crippen LogP contribution < -0.4 is 19.9 Å². The van der Waals surface area contributed by atoms with Crippen LogP contribution in [0.5, 0.6) is 5.75 Å². The van der Waals surface area contributed by atoms with Crippen LogP contribution in [-0.4, -0.2) is 46.1 Å². The molecule has 0 bridgehead atoms. The number of likely N-dealkylation sites (N-methyl/N-ethyl adjacent to an activating group) is 1. The van der Waals surface area contributed by atoms with Crippen molar-refractivity contribution in [3.05, 3.63) is 59.7 Å². The number of ether oxygens (including phenoxy) is 1. The second-order valence-electron chi connectivity index (χ2n) is 7.31. The molecule has 0 radical (unpaired) electrons. The van der Waals surface area contributed by atoms with Gasteiger partial charge in [-0.25, -0.2) is 0 Å². The first-order valence-electron chi connectivity index (χ1n) is 9.62. The number of amides is 2. The van der Waals surface area contributed by atoms with Crippen molar-refractivity contribution in [3.8, 4) is 5.75 Å². The summed E-state index contributed by atoms with van der Waals surface area (Å²) in [5.41, 5.74) is 2.59. The minimum Gasteiger partial charge on any atom is -0.497 e. The summed E-state index contributed by atoms with van der Waals surface area (Å²) < 4.78 is 5.22. The lowest BCUT2D eigenvalue weighted by Crippen LogP contribution is -3.07. The summed E-state index contributed by atoms with van der Waals surface area (Å²) in [6, 6.07) is 15.3. The maximum Gasteiger partial charge on any atom is 0.251 e. The molecule has 1 heterocycles. The van der Waals surface area contributed by atoms with Gasteiger partial charge in [-0.3, -0.25) is 9.59 Å². The largest absolute Gasteiger partial charge is 0.497 e. The van der Waals surface area contributed by atoms with Gasteiger partial charge >= 0.3 is 0 Å². The fraction of sp³-hybridized carbons (Fsp3) is 0.364. The summed E-state index contributed by atoms with van der Waals surface area (Å²) in [6.07, 6.45) is 1.49. The van der Waals surface area contributed by atoms with Crippen molar-refractivity contribution in [1.82, 2.24) is 5.32 Å². The second-order valence-corrected chi connectivity index (χ2v) is 7.31. The van der Waals surface area contributed by atoms with Crippen molar-refractivity contribution >= 4 is 17.5 Å². The van der Waals surface area contributed by atoms with E-state index in [1.54, 1.807) is 24.1 Å². The minimum atomic E-state index is -0.112. The van der Waals surface area contributed by atoms with E-state index in [1.807, 2.05) is 36.4 Å². The van der Waals surface area contributed by atoms with Crippen LogP contribution in [0.25, 0.3) is 0 Å². The molecule has 1 aliphatic rings.